The summed E-state index contributed by atoms with van der Waals surface area (Å²) in [5.41, 5.74) is 5.34. The van der Waals surface area contributed by atoms with Crippen molar-refractivity contribution in [2.75, 3.05) is 18.9 Å². The van der Waals surface area contributed by atoms with Gasteiger partial charge in [-0.1, -0.05) is 19.4 Å². The molecule has 0 radical (unpaired) electrons. The van der Waals surface area contributed by atoms with Crippen LogP contribution in [0, 0.1) is 16.0 Å². The Morgan fingerprint density at radius 1 is 1.48 bits per heavy atom. The summed E-state index contributed by atoms with van der Waals surface area (Å²) in [6, 6.07) is 4.15. The fraction of sp³-hybridized carbons (Fsp3) is 0.500. The molecular formula is C14H21N3O4. The second kappa shape index (κ2) is 8.21. The van der Waals surface area contributed by atoms with E-state index in [9.17, 15) is 14.9 Å². The number of hydrogen-bond acceptors (Lipinski definition) is 5. The van der Waals surface area contributed by atoms with Gasteiger partial charge in [0.2, 0.25) is 0 Å². The maximum Gasteiger partial charge on any atom is 0.284 e. The first-order valence-corrected chi connectivity index (χ1v) is 6.93. The molecular weight excluding hydrogens is 274 g/mol. The highest BCUT2D eigenvalue weighted by atomic mass is 16.6. The molecule has 1 aromatic carbocycles. The van der Waals surface area contributed by atoms with Crippen LogP contribution in [0.2, 0.25) is 0 Å². The lowest BCUT2D eigenvalue weighted by molar-refractivity contribution is -0.385. The minimum atomic E-state index is -0.622. The summed E-state index contributed by atoms with van der Waals surface area (Å²) < 4.78 is 0. The molecule has 0 saturated carbocycles. The van der Waals surface area contributed by atoms with Crippen LogP contribution >= 0.6 is 0 Å². The number of amides is 1. The highest BCUT2D eigenvalue weighted by Gasteiger charge is 2.23. The number of carbonyl (C=O) groups excluding carboxylic acids is 1. The number of nitro benzene ring substituents is 1. The van der Waals surface area contributed by atoms with E-state index < -0.39 is 10.8 Å². The van der Waals surface area contributed by atoms with Crippen molar-refractivity contribution in [3.63, 3.8) is 0 Å². The molecule has 21 heavy (non-hydrogen) atoms. The summed E-state index contributed by atoms with van der Waals surface area (Å²) in [5, 5.41) is 22.6. The molecule has 4 N–H and O–H groups in total. The molecule has 1 atom stereocenters. The molecule has 0 aliphatic heterocycles. The summed E-state index contributed by atoms with van der Waals surface area (Å²) in [5.74, 6) is -0.410. The van der Waals surface area contributed by atoms with Gasteiger partial charge < -0.3 is 16.2 Å². The molecule has 0 spiro atoms. The first-order valence-electron chi connectivity index (χ1n) is 6.93. The summed E-state index contributed by atoms with van der Waals surface area (Å²) in [4.78, 5) is 22.5. The third-order valence-electron chi connectivity index (χ3n) is 3.28. The van der Waals surface area contributed by atoms with E-state index in [-0.39, 0.29) is 29.5 Å². The molecule has 1 aromatic rings. The number of nitro groups is 1. The quantitative estimate of drug-likeness (QED) is 0.383. The van der Waals surface area contributed by atoms with E-state index >= 15 is 0 Å². The normalized spacial score (nSPS) is 11.9. The fourth-order valence-corrected chi connectivity index (χ4v) is 2.22. The Bertz CT molecular complexity index is 499. The van der Waals surface area contributed by atoms with E-state index in [0.717, 1.165) is 12.8 Å². The first kappa shape index (κ1) is 16.9. The second-order valence-electron chi connectivity index (χ2n) is 4.88. The fourth-order valence-electron chi connectivity index (χ4n) is 2.22. The SMILES string of the molecule is CCCC(CCO)CNC(=O)c1c(N)cccc1[N+](=O)[O-]. The first-order chi connectivity index (χ1) is 10.0. The molecule has 0 aliphatic rings. The topological polar surface area (TPSA) is 118 Å². The van der Waals surface area contributed by atoms with Crippen molar-refractivity contribution < 1.29 is 14.8 Å². The standard InChI is InChI=1S/C14H21N3O4/c1-2-4-10(7-8-18)9-16-14(19)13-11(15)5-3-6-12(13)17(20)21/h3,5-6,10,18H,2,4,7-9,15H2,1H3,(H,16,19). The predicted molar refractivity (Wildman–Crippen MR) is 79.9 cm³/mol. The number of nitrogens with two attached hydrogens (primary N) is 1. The molecule has 0 bridgehead atoms. The Kier molecular flexibility index (Phi) is 6.61. The largest absolute Gasteiger partial charge is 0.398 e. The highest BCUT2D eigenvalue weighted by Crippen LogP contribution is 2.24. The zero-order valence-electron chi connectivity index (χ0n) is 12.0. The monoisotopic (exact) mass is 295 g/mol. The molecule has 0 fully saturated rings. The minimum absolute atomic E-state index is 0.0498. The predicted octanol–water partition coefficient (Wildman–Crippen LogP) is 1.71. The van der Waals surface area contributed by atoms with Crippen LogP contribution in [0.25, 0.3) is 0 Å². The molecule has 0 aromatic heterocycles. The summed E-state index contributed by atoms with van der Waals surface area (Å²) >= 11 is 0. The number of nitrogens with one attached hydrogen (secondary N) is 1. The van der Waals surface area contributed by atoms with Crippen LogP contribution in [0.15, 0.2) is 18.2 Å². The van der Waals surface area contributed by atoms with Gasteiger partial charge in [0.15, 0.2) is 0 Å². The molecule has 1 amide bonds. The van der Waals surface area contributed by atoms with E-state index in [1.807, 2.05) is 6.92 Å². The van der Waals surface area contributed by atoms with Crippen molar-refractivity contribution in [3.8, 4) is 0 Å². The van der Waals surface area contributed by atoms with Gasteiger partial charge in [-0.05, 0) is 24.8 Å². The number of aliphatic hydroxyl groups excluding tert-OH is 1. The Labute approximate surface area is 123 Å². The number of nitrogen functional groups attached to an aromatic ring is 1. The third kappa shape index (κ3) is 4.71. The van der Waals surface area contributed by atoms with Crippen molar-refractivity contribution >= 4 is 17.3 Å². The highest BCUT2D eigenvalue weighted by molar-refractivity contribution is 6.03. The third-order valence-corrected chi connectivity index (χ3v) is 3.28. The number of rotatable bonds is 8. The van der Waals surface area contributed by atoms with Gasteiger partial charge in [0.25, 0.3) is 11.6 Å². The molecule has 7 nitrogen and oxygen atoms in total. The van der Waals surface area contributed by atoms with Gasteiger partial charge >= 0.3 is 0 Å². The van der Waals surface area contributed by atoms with Gasteiger partial charge in [-0.3, -0.25) is 14.9 Å². The molecule has 0 aliphatic carbocycles. The average molecular weight is 295 g/mol. The lowest BCUT2D eigenvalue weighted by Crippen LogP contribution is -2.30. The van der Waals surface area contributed by atoms with Crippen LogP contribution in [0.5, 0.6) is 0 Å². The second-order valence-corrected chi connectivity index (χ2v) is 4.88. The molecule has 1 unspecified atom stereocenters. The number of carbonyl (C=O) groups is 1. The van der Waals surface area contributed by atoms with E-state index in [2.05, 4.69) is 5.32 Å². The van der Waals surface area contributed by atoms with E-state index in [1.165, 1.54) is 18.2 Å². The van der Waals surface area contributed by atoms with E-state index in [4.69, 9.17) is 10.8 Å². The molecule has 7 heteroatoms. The minimum Gasteiger partial charge on any atom is -0.398 e. The molecule has 116 valence electrons. The number of anilines is 1. The van der Waals surface area contributed by atoms with Crippen LogP contribution in [0.3, 0.4) is 0 Å². The van der Waals surface area contributed by atoms with Gasteiger partial charge in [-0.15, -0.1) is 0 Å². The lowest BCUT2D eigenvalue weighted by atomic mass is 10.00. The molecule has 0 saturated heterocycles. The Morgan fingerprint density at radius 3 is 2.76 bits per heavy atom. The molecule has 1 rings (SSSR count). The van der Waals surface area contributed by atoms with Gasteiger partial charge in [-0.2, -0.15) is 0 Å². The zero-order chi connectivity index (χ0) is 15.8. The Morgan fingerprint density at radius 2 is 2.19 bits per heavy atom. The van der Waals surface area contributed by atoms with Crippen LogP contribution in [-0.2, 0) is 0 Å². The molecule has 0 heterocycles. The number of nitrogens with zero attached hydrogens (tertiary/aromatic N) is 1. The van der Waals surface area contributed by atoms with Crippen molar-refractivity contribution in [2.45, 2.75) is 26.2 Å². The van der Waals surface area contributed by atoms with Crippen molar-refractivity contribution in [3.05, 3.63) is 33.9 Å². The van der Waals surface area contributed by atoms with Crippen molar-refractivity contribution in [1.82, 2.24) is 5.32 Å². The van der Waals surface area contributed by atoms with E-state index in [1.54, 1.807) is 0 Å². The average Bonchev–Trinajstić information content (AvgIpc) is 2.44. The van der Waals surface area contributed by atoms with Gasteiger partial charge in [0.05, 0.1) is 10.6 Å². The Balaban J connectivity index is 2.82. The van der Waals surface area contributed by atoms with Gasteiger partial charge in [0.1, 0.15) is 5.56 Å². The van der Waals surface area contributed by atoms with Crippen molar-refractivity contribution in [2.24, 2.45) is 5.92 Å². The van der Waals surface area contributed by atoms with Crippen LogP contribution in [-0.4, -0.2) is 29.1 Å². The van der Waals surface area contributed by atoms with Gasteiger partial charge in [-0.25, -0.2) is 0 Å². The van der Waals surface area contributed by atoms with Crippen molar-refractivity contribution in [1.29, 1.82) is 0 Å². The Hall–Kier alpha value is -2.15. The number of hydrogen-bond donors (Lipinski definition) is 3. The maximum atomic E-state index is 12.1. The lowest BCUT2D eigenvalue weighted by Gasteiger charge is -2.16. The van der Waals surface area contributed by atoms with Crippen LogP contribution in [0.4, 0.5) is 11.4 Å². The van der Waals surface area contributed by atoms with Gasteiger partial charge in [0, 0.05) is 19.2 Å². The van der Waals surface area contributed by atoms with Crippen LogP contribution < -0.4 is 11.1 Å². The summed E-state index contributed by atoms with van der Waals surface area (Å²) in [7, 11) is 0. The van der Waals surface area contributed by atoms with Crippen LogP contribution in [0.1, 0.15) is 36.5 Å². The number of aliphatic hydroxyl groups is 1. The zero-order valence-corrected chi connectivity index (χ0v) is 12.0. The number of benzene rings is 1. The smallest absolute Gasteiger partial charge is 0.284 e. The summed E-state index contributed by atoms with van der Waals surface area (Å²) in [6.45, 7) is 2.43. The maximum absolute atomic E-state index is 12.1. The summed E-state index contributed by atoms with van der Waals surface area (Å²) in [6.07, 6.45) is 2.39. The van der Waals surface area contributed by atoms with E-state index in [0.29, 0.717) is 13.0 Å².